The maximum absolute atomic E-state index is 5.05. The molecule has 2 nitrogen and oxygen atoms in total. The van der Waals surface area contributed by atoms with E-state index in [4.69, 9.17) is 9.73 Å². The zero-order chi connectivity index (χ0) is 20.6. The van der Waals surface area contributed by atoms with Crippen LogP contribution in [0, 0.1) is 29.6 Å². The smallest absolute Gasteiger partial charge is 0.0614 e. The summed E-state index contributed by atoms with van der Waals surface area (Å²) in [5, 5.41) is 0. The van der Waals surface area contributed by atoms with Crippen LogP contribution in [0.4, 0.5) is 0 Å². The van der Waals surface area contributed by atoms with Crippen molar-refractivity contribution in [3.63, 3.8) is 0 Å². The van der Waals surface area contributed by atoms with Crippen molar-refractivity contribution in [3.05, 3.63) is 49.1 Å². The Bertz CT molecular complexity index is 594. The summed E-state index contributed by atoms with van der Waals surface area (Å²) in [6.45, 7) is 15.5. The van der Waals surface area contributed by atoms with Gasteiger partial charge in [-0.25, -0.2) is 0 Å². The first-order chi connectivity index (χ1) is 13.4. The van der Waals surface area contributed by atoms with E-state index < -0.39 is 0 Å². The summed E-state index contributed by atoms with van der Waals surface area (Å²) in [7, 11) is 1.68. The highest BCUT2D eigenvalue weighted by molar-refractivity contribution is 5.82. The van der Waals surface area contributed by atoms with Gasteiger partial charge in [0.25, 0.3) is 0 Å². The first-order valence-electron chi connectivity index (χ1n) is 11.1. The van der Waals surface area contributed by atoms with Crippen LogP contribution in [0.15, 0.2) is 54.1 Å². The lowest BCUT2D eigenvalue weighted by Gasteiger charge is -2.46. The Labute approximate surface area is 173 Å². The van der Waals surface area contributed by atoms with Crippen LogP contribution in [-0.4, -0.2) is 25.5 Å². The Kier molecular flexibility index (Phi) is 8.95. The summed E-state index contributed by atoms with van der Waals surface area (Å²) in [4.78, 5) is 5.05. The highest BCUT2D eigenvalue weighted by Crippen LogP contribution is 2.46. The highest BCUT2D eigenvalue weighted by atomic mass is 16.5. The minimum Gasteiger partial charge on any atom is -0.384 e. The lowest BCUT2D eigenvalue weighted by Crippen LogP contribution is -2.44. The van der Waals surface area contributed by atoms with Gasteiger partial charge < -0.3 is 4.74 Å². The van der Waals surface area contributed by atoms with E-state index in [9.17, 15) is 0 Å². The van der Waals surface area contributed by atoms with Crippen LogP contribution in [0.2, 0.25) is 0 Å². The zero-order valence-electron chi connectivity index (χ0n) is 18.6. The number of methoxy groups -OCH3 is 1. The molecule has 0 N–H and O–H groups in total. The van der Waals surface area contributed by atoms with Gasteiger partial charge in [-0.3, -0.25) is 4.99 Å². The second-order valence-electron chi connectivity index (χ2n) is 9.13. The van der Waals surface area contributed by atoms with Crippen molar-refractivity contribution in [1.82, 2.24) is 0 Å². The Morgan fingerprint density at radius 1 is 1.21 bits per heavy atom. The molecule has 1 saturated carbocycles. The van der Waals surface area contributed by atoms with Crippen molar-refractivity contribution in [3.8, 4) is 0 Å². The molecule has 1 heterocycles. The van der Waals surface area contributed by atoms with Crippen LogP contribution >= 0.6 is 0 Å². The number of hydrogen-bond donors (Lipinski definition) is 0. The number of rotatable bonds is 6. The van der Waals surface area contributed by atoms with Crippen molar-refractivity contribution < 1.29 is 4.74 Å². The van der Waals surface area contributed by atoms with E-state index in [1.807, 2.05) is 6.08 Å². The Morgan fingerprint density at radius 3 is 2.50 bits per heavy atom. The lowest BCUT2D eigenvalue weighted by atomic mass is 9.63. The first-order valence-corrected chi connectivity index (χ1v) is 11.1. The van der Waals surface area contributed by atoms with E-state index >= 15 is 0 Å². The van der Waals surface area contributed by atoms with Crippen LogP contribution in [0.1, 0.15) is 59.3 Å². The van der Waals surface area contributed by atoms with Crippen molar-refractivity contribution in [2.75, 3.05) is 13.7 Å². The SMILES string of the molecule is C=CC1CCC(CC2(C)N=CC3=CC=CC(C)C3C2C)CC1.C=CCCOC. The summed E-state index contributed by atoms with van der Waals surface area (Å²) >= 11 is 0. The molecule has 4 unspecified atom stereocenters. The summed E-state index contributed by atoms with van der Waals surface area (Å²) in [5.41, 5.74) is 1.56. The molecule has 0 saturated heterocycles. The van der Waals surface area contributed by atoms with Crippen LogP contribution in [-0.2, 0) is 4.74 Å². The van der Waals surface area contributed by atoms with Gasteiger partial charge in [-0.05, 0) is 80.6 Å². The number of fused-ring (bicyclic) bond motifs is 1. The molecule has 3 aliphatic rings. The standard InChI is InChI=1S/C21H31N.C5H10O/c1-5-17-9-11-18(12-10-17)13-21(4)16(3)20-15(2)7-6-8-19(20)14-22-21;1-3-4-5-6-2/h5-8,14-18,20H,1,9-13H2,2-4H3;3H,1,4-5H2,2H3. The van der Waals surface area contributed by atoms with Gasteiger partial charge in [0, 0.05) is 19.9 Å². The lowest BCUT2D eigenvalue weighted by molar-refractivity contribution is 0.155. The Hall–Kier alpha value is -1.41. The summed E-state index contributed by atoms with van der Waals surface area (Å²) in [6, 6.07) is 0. The quantitative estimate of drug-likeness (QED) is 0.365. The maximum atomic E-state index is 5.05. The molecule has 4 atom stereocenters. The number of hydrogen-bond acceptors (Lipinski definition) is 2. The maximum Gasteiger partial charge on any atom is 0.0614 e. The minimum absolute atomic E-state index is 0.118. The molecule has 0 radical (unpaired) electrons. The van der Waals surface area contributed by atoms with Crippen LogP contribution in [0.5, 0.6) is 0 Å². The molecule has 156 valence electrons. The second-order valence-corrected chi connectivity index (χ2v) is 9.13. The van der Waals surface area contributed by atoms with E-state index in [1.54, 1.807) is 7.11 Å². The van der Waals surface area contributed by atoms with E-state index in [1.165, 1.54) is 37.7 Å². The minimum atomic E-state index is 0.118. The van der Waals surface area contributed by atoms with E-state index in [0.717, 1.165) is 24.9 Å². The highest BCUT2D eigenvalue weighted by Gasteiger charge is 2.43. The number of ether oxygens (including phenoxy) is 1. The molecule has 3 rings (SSSR count). The molecule has 1 aliphatic heterocycles. The van der Waals surface area contributed by atoms with Gasteiger partial charge in [0.05, 0.1) is 5.54 Å². The molecule has 2 aliphatic carbocycles. The average Bonchev–Trinajstić information content (AvgIpc) is 2.70. The van der Waals surface area contributed by atoms with Gasteiger partial charge in [0.15, 0.2) is 0 Å². The fourth-order valence-electron chi connectivity index (χ4n) is 5.13. The van der Waals surface area contributed by atoms with Crippen molar-refractivity contribution in [1.29, 1.82) is 0 Å². The molecular weight excluding hydrogens is 342 g/mol. The third kappa shape index (κ3) is 5.80. The number of aliphatic imine (C=N–C) groups is 1. The van der Waals surface area contributed by atoms with Crippen molar-refractivity contribution in [2.45, 2.75) is 64.8 Å². The van der Waals surface area contributed by atoms with Crippen LogP contribution < -0.4 is 0 Å². The predicted octanol–water partition coefficient (Wildman–Crippen LogP) is 6.81. The Balaban J connectivity index is 0.000000409. The van der Waals surface area contributed by atoms with Gasteiger partial charge in [0.1, 0.15) is 0 Å². The van der Waals surface area contributed by atoms with Gasteiger partial charge >= 0.3 is 0 Å². The normalized spacial score (nSPS) is 36.6. The number of allylic oxidation sites excluding steroid dienone is 5. The van der Waals surface area contributed by atoms with Crippen LogP contribution in [0.25, 0.3) is 0 Å². The van der Waals surface area contributed by atoms with Crippen molar-refractivity contribution in [2.24, 2.45) is 34.6 Å². The molecule has 0 aromatic rings. The van der Waals surface area contributed by atoms with E-state index in [0.29, 0.717) is 17.8 Å². The largest absolute Gasteiger partial charge is 0.384 e. The molecule has 28 heavy (non-hydrogen) atoms. The summed E-state index contributed by atoms with van der Waals surface area (Å²) in [5.74, 6) is 3.52. The first kappa shape index (κ1) is 22.9. The van der Waals surface area contributed by atoms with Gasteiger partial charge in [-0.1, -0.05) is 44.2 Å². The molecule has 2 heteroatoms. The van der Waals surface area contributed by atoms with E-state index in [2.05, 4.69) is 64.4 Å². The molecule has 0 aromatic heterocycles. The third-order valence-corrected chi connectivity index (χ3v) is 7.14. The average molecular weight is 384 g/mol. The molecular formula is C26H41NO. The molecule has 0 spiro atoms. The topological polar surface area (TPSA) is 21.6 Å². The summed E-state index contributed by atoms with van der Waals surface area (Å²) in [6.07, 6.45) is 20.6. The van der Waals surface area contributed by atoms with E-state index in [-0.39, 0.29) is 5.54 Å². The third-order valence-electron chi connectivity index (χ3n) is 7.14. The van der Waals surface area contributed by atoms with Crippen molar-refractivity contribution >= 4 is 6.21 Å². The van der Waals surface area contributed by atoms with Crippen LogP contribution in [0.3, 0.4) is 0 Å². The molecule has 0 aromatic carbocycles. The fraction of sp³-hybridized carbons (Fsp3) is 0.654. The zero-order valence-corrected chi connectivity index (χ0v) is 18.6. The molecule has 0 bridgehead atoms. The monoisotopic (exact) mass is 383 g/mol. The Morgan fingerprint density at radius 2 is 1.93 bits per heavy atom. The molecule has 0 amide bonds. The predicted molar refractivity (Wildman–Crippen MR) is 123 cm³/mol. The summed E-state index contributed by atoms with van der Waals surface area (Å²) < 4.78 is 4.71. The molecule has 1 fully saturated rings. The fourth-order valence-corrected chi connectivity index (χ4v) is 5.13. The number of nitrogens with zero attached hydrogens (tertiary/aromatic N) is 1. The van der Waals surface area contributed by atoms with Gasteiger partial charge in [-0.2, -0.15) is 0 Å². The van der Waals surface area contributed by atoms with Gasteiger partial charge in [-0.15, -0.1) is 13.2 Å². The van der Waals surface area contributed by atoms with Gasteiger partial charge in [0.2, 0.25) is 0 Å². The second kappa shape index (κ2) is 11.0.